The molecule has 0 spiro atoms. The monoisotopic (exact) mass is 323 g/mol. The lowest BCUT2D eigenvalue weighted by Gasteiger charge is -2.35. The third kappa shape index (κ3) is 4.20. The van der Waals surface area contributed by atoms with Gasteiger partial charge in [0.05, 0.1) is 12.5 Å². The van der Waals surface area contributed by atoms with Crippen molar-refractivity contribution in [3.63, 3.8) is 0 Å². The second-order valence-electron chi connectivity index (χ2n) is 6.05. The predicted molar refractivity (Wildman–Crippen MR) is 83.5 cm³/mol. The number of aromatic nitrogens is 2. The van der Waals surface area contributed by atoms with Crippen LogP contribution in [0.1, 0.15) is 31.5 Å². The van der Waals surface area contributed by atoms with Gasteiger partial charge in [-0.3, -0.25) is 4.79 Å². The highest BCUT2D eigenvalue weighted by Crippen LogP contribution is 2.20. The molecule has 23 heavy (non-hydrogen) atoms. The number of rotatable bonds is 4. The summed E-state index contributed by atoms with van der Waals surface area (Å²) in [5.74, 6) is 0.870. The number of likely N-dealkylation sites (tertiary alicyclic amines) is 1. The van der Waals surface area contributed by atoms with Gasteiger partial charge in [0.15, 0.2) is 5.82 Å². The van der Waals surface area contributed by atoms with Gasteiger partial charge in [-0.05, 0) is 26.7 Å². The Hall–Kier alpha value is -2.12. The minimum absolute atomic E-state index is 0.0413. The Kier molecular flexibility index (Phi) is 5.57. The molecule has 3 amide bonds. The third-order valence-electron chi connectivity index (χ3n) is 4.01. The number of nitrogens with zero attached hydrogens (tertiary/aromatic N) is 5. The SMILES string of the molecule is CCN(Cc1nc(C)no1)C(=O)[C@H]1CCCN(C(=O)N(C)C)C1. The molecule has 1 fully saturated rings. The molecule has 0 unspecified atom stereocenters. The van der Waals surface area contributed by atoms with Gasteiger partial charge in [-0.15, -0.1) is 0 Å². The molecule has 1 atom stereocenters. The van der Waals surface area contributed by atoms with Gasteiger partial charge in [-0.2, -0.15) is 4.98 Å². The normalized spacial score (nSPS) is 17.9. The van der Waals surface area contributed by atoms with E-state index >= 15 is 0 Å². The van der Waals surface area contributed by atoms with Crippen molar-refractivity contribution in [1.82, 2.24) is 24.8 Å². The van der Waals surface area contributed by atoms with Crippen LogP contribution in [0.25, 0.3) is 0 Å². The minimum atomic E-state index is -0.170. The molecule has 8 heteroatoms. The Labute approximate surface area is 136 Å². The summed E-state index contributed by atoms with van der Waals surface area (Å²) in [4.78, 5) is 34.0. The zero-order valence-corrected chi connectivity index (χ0v) is 14.3. The molecule has 1 saturated heterocycles. The van der Waals surface area contributed by atoms with Crippen LogP contribution in [-0.4, -0.2) is 70.5 Å². The molecule has 0 bridgehead atoms. The van der Waals surface area contributed by atoms with Crippen molar-refractivity contribution in [2.24, 2.45) is 5.92 Å². The first-order valence-electron chi connectivity index (χ1n) is 7.96. The first-order chi connectivity index (χ1) is 10.9. The van der Waals surface area contributed by atoms with Crippen molar-refractivity contribution in [3.8, 4) is 0 Å². The Balaban J connectivity index is 2.00. The van der Waals surface area contributed by atoms with Crippen molar-refractivity contribution in [3.05, 3.63) is 11.7 Å². The summed E-state index contributed by atoms with van der Waals surface area (Å²) >= 11 is 0. The second-order valence-corrected chi connectivity index (χ2v) is 6.05. The van der Waals surface area contributed by atoms with E-state index in [2.05, 4.69) is 10.1 Å². The van der Waals surface area contributed by atoms with Gasteiger partial charge in [0.2, 0.25) is 11.8 Å². The minimum Gasteiger partial charge on any atom is -0.337 e. The fraction of sp³-hybridized carbons (Fsp3) is 0.733. The van der Waals surface area contributed by atoms with Crippen LogP contribution >= 0.6 is 0 Å². The maximum atomic E-state index is 12.8. The first-order valence-corrected chi connectivity index (χ1v) is 7.96. The molecule has 2 rings (SSSR count). The summed E-state index contributed by atoms with van der Waals surface area (Å²) < 4.78 is 5.10. The van der Waals surface area contributed by atoms with Crippen molar-refractivity contribution < 1.29 is 14.1 Å². The van der Waals surface area contributed by atoms with Crippen LogP contribution in [0.4, 0.5) is 4.79 Å². The number of aryl methyl sites for hydroxylation is 1. The number of carbonyl (C=O) groups excluding carboxylic acids is 2. The number of hydrogen-bond donors (Lipinski definition) is 0. The number of carbonyl (C=O) groups is 2. The molecule has 1 aromatic heterocycles. The van der Waals surface area contributed by atoms with E-state index in [0.717, 1.165) is 12.8 Å². The number of urea groups is 1. The Morgan fingerprint density at radius 1 is 1.39 bits per heavy atom. The number of hydrogen-bond acceptors (Lipinski definition) is 5. The maximum Gasteiger partial charge on any atom is 0.319 e. The third-order valence-corrected chi connectivity index (χ3v) is 4.01. The van der Waals surface area contributed by atoms with Crippen LogP contribution in [0, 0.1) is 12.8 Å². The summed E-state index contributed by atoms with van der Waals surface area (Å²) in [6, 6.07) is -0.0434. The molecule has 0 saturated carbocycles. The molecule has 128 valence electrons. The van der Waals surface area contributed by atoms with E-state index in [-0.39, 0.29) is 17.9 Å². The lowest BCUT2D eigenvalue weighted by atomic mass is 9.96. The average Bonchev–Trinajstić information content (AvgIpc) is 2.96. The number of piperidine rings is 1. The summed E-state index contributed by atoms with van der Waals surface area (Å²) in [5.41, 5.74) is 0. The lowest BCUT2D eigenvalue weighted by molar-refractivity contribution is -0.137. The van der Waals surface area contributed by atoms with E-state index in [1.165, 1.54) is 0 Å². The van der Waals surface area contributed by atoms with Gasteiger partial charge in [0, 0.05) is 33.7 Å². The van der Waals surface area contributed by atoms with Gasteiger partial charge in [-0.1, -0.05) is 5.16 Å². The van der Waals surface area contributed by atoms with Gasteiger partial charge in [0.1, 0.15) is 0 Å². The highest BCUT2D eigenvalue weighted by Gasteiger charge is 2.31. The van der Waals surface area contributed by atoms with E-state index in [9.17, 15) is 9.59 Å². The van der Waals surface area contributed by atoms with E-state index in [4.69, 9.17) is 4.52 Å². The molecular weight excluding hydrogens is 298 g/mol. The molecule has 0 radical (unpaired) electrons. The van der Waals surface area contributed by atoms with E-state index in [0.29, 0.717) is 37.9 Å². The summed E-state index contributed by atoms with van der Waals surface area (Å²) in [6.07, 6.45) is 1.64. The summed E-state index contributed by atoms with van der Waals surface area (Å²) in [5, 5.41) is 3.75. The zero-order chi connectivity index (χ0) is 17.0. The topological polar surface area (TPSA) is 82.8 Å². The van der Waals surface area contributed by atoms with Gasteiger partial charge in [-0.25, -0.2) is 4.79 Å². The van der Waals surface area contributed by atoms with Crippen molar-refractivity contribution in [1.29, 1.82) is 0 Å². The molecule has 8 nitrogen and oxygen atoms in total. The van der Waals surface area contributed by atoms with Gasteiger partial charge in [0.25, 0.3) is 0 Å². The predicted octanol–water partition coefficient (Wildman–Crippen LogP) is 1.12. The quantitative estimate of drug-likeness (QED) is 0.829. The highest BCUT2D eigenvalue weighted by atomic mass is 16.5. The smallest absolute Gasteiger partial charge is 0.319 e. The average molecular weight is 323 g/mol. The van der Waals surface area contributed by atoms with Crippen LogP contribution in [0.3, 0.4) is 0 Å². The summed E-state index contributed by atoms with van der Waals surface area (Å²) in [7, 11) is 3.45. The largest absolute Gasteiger partial charge is 0.337 e. The fourth-order valence-corrected chi connectivity index (χ4v) is 2.81. The molecule has 1 aliphatic heterocycles. The van der Waals surface area contributed by atoms with Crippen LogP contribution in [-0.2, 0) is 11.3 Å². The zero-order valence-electron chi connectivity index (χ0n) is 14.3. The van der Waals surface area contributed by atoms with Crippen LogP contribution < -0.4 is 0 Å². The van der Waals surface area contributed by atoms with Gasteiger partial charge < -0.3 is 19.2 Å². The van der Waals surface area contributed by atoms with Crippen molar-refractivity contribution >= 4 is 11.9 Å². The second kappa shape index (κ2) is 7.43. The fourth-order valence-electron chi connectivity index (χ4n) is 2.81. The number of amides is 3. The Morgan fingerprint density at radius 2 is 2.13 bits per heavy atom. The summed E-state index contributed by atoms with van der Waals surface area (Å²) in [6.45, 7) is 5.72. The van der Waals surface area contributed by atoms with E-state index < -0.39 is 0 Å². The van der Waals surface area contributed by atoms with Crippen LogP contribution in [0.15, 0.2) is 4.52 Å². The Morgan fingerprint density at radius 3 is 2.70 bits per heavy atom. The first kappa shape index (κ1) is 17.2. The molecule has 0 aromatic carbocycles. The van der Waals surface area contributed by atoms with Gasteiger partial charge >= 0.3 is 6.03 Å². The van der Waals surface area contributed by atoms with Crippen LogP contribution in [0.5, 0.6) is 0 Å². The van der Waals surface area contributed by atoms with Crippen LogP contribution in [0.2, 0.25) is 0 Å². The Bertz CT molecular complexity index is 557. The molecule has 2 heterocycles. The molecular formula is C15H25N5O3. The maximum absolute atomic E-state index is 12.8. The molecule has 0 N–H and O–H groups in total. The standard InChI is InChI=1S/C15H25N5O3/c1-5-19(10-13-16-11(2)17-23-13)14(21)12-7-6-8-20(9-12)15(22)18(3)4/h12H,5-10H2,1-4H3/t12-/m0/s1. The highest BCUT2D eigenvalue weighted by molar-refractivity contribution is 5.80. The van der Waals surface area contributed by atoms with E-state index in [1.807, 2.05) is 6.92 Å². The molecule has 1 aromatic rings. The lowest BCUT2D eigenvalue weighted by Crippen LogP contribution is -2.49. The van der Waals surface area contributed by atoms with Crippen molar-refractivity contribution in [2.45, 2.75) is 33.2 Å². The molecule has 1 aliphatic rings. The van der Waals surface area contributed by atoms with E-state index in [1.54, 1.807) is 35.7 Å². The van der Waals surface area contributed by atoms with Crippen molar-refractivity contribution in [2.75, 3.05) is 33.7 Å². The molecule has 0 aliphatic carbocycles.